The number of halogens is 3. The van der Waals surface area contributed by atoms with Crippen molar-refractivity contribution in [2.75, 3.05) is 13.2 Å². The van der Waals surface area contributed by atoms with Gasteiger partial charge in [0.2, 0.25) is 0 Å². The third-order valence-corrected chi connectivity index (χ3v) is 2.38. The number of Topliss-reactive ketones (excluding diaryl/α,β-unsaturated/α-hetero) is 1. The van der Waals surface area contributed by atoms with Gasteiger partial charge < -0.3 is 10.1 Å². The van der Waals surface area contributed by atoms with Crippen LogP contribution in [0.2, 0.25) is 0 Å². The van der Waals surface area contributed by atoms with E-state index < -0.39 is 35.9 Å². The highest BCUT2D eigenvalue weighted by Crippen LogP contribution is 2.29. The van der Waals surface area contributed by atoms with E-state index in [4.69, 9.17) is 0 Å². The highest BCUT2D eigenvalue weighted by atomic mass is 19.4. The number of carbonyl (C=O) groups excluding carboxylic acids is 3. The predicted molar refractivity (Wildman–Crippen MR) is 65.4 cm³/mol. The minimum absolute atomic E-state index is 0.00612. The monoisotopic (exact) mass is 303 g/mol. The SMILES string of the molecule is CCOC(=O)C(=O)NCC(=O)c1cccc(C(F)(F)F)c1. The van der Waals surface area contributed by atoms with Crippen LogP contribution < -0.4 is 5.32 Å². The summed E-state index contributed by atoms with van der Waals surface area (Å²) < 4.78 is 41.9. The van der Waals surface area contributed by atoms with Crippen molar-refractivity contribution >= 4 is 17.7 Å². The summed E-state index contributed by atoms with van der Waals surface area (Å²) in [6.45, 7) is 0.895. The first-order valence-electron chi connectivity index (χ1n) is 5.91. The number of benzene rings is 1. The third kappa shape index (κ3) is 4.90. The lowest BCUT2D eigenvalue weighted by molar-refractivity contribution is -0.154. The first-order valence-corrected chi connectivity index (χ1v) is 5.91. The van der Waals surface area contributed by atoms with E-state index in [0.29, 0.717) is 6.07 Å². The summed E-state index contributed by atoms with van der Waals surface area (Å²) in [5.41, 5.74) is -1.18. The predicted octanol–water partition coefficient (Wildman–Crippen LogP) is 1.57. The molecule has 5 nitrogen and oxygen atoms in total. The largest absolute Gasteiger partial charge is 0.459 e. The van der Waals surface area contributed by atoms with Crippen LogP contribution in [0.4, 0.5) is 13.2 Å². The van der Waals surface area contributed by atoms with E-state index in [1.165, 1.54) is 13.0 Å². The molecule has 0 spiro atoms. The molecule has 0 unspecified atom stereocenters. The molecule has 0 aliphatic rings. The van der Waals surface area contributed by atoms with Gasteiger partial charge >= 0.3 is 18.1 Å². The molecule has 0 aliphatic heterocycles. The molecule has 114 valence electrons. The van der Waals surface area contributed by atoms with Crippen LogP contribution in [0, 0.1) is 0 Å². The molecule has 1 aromatic rings. The summed E-state index contributed by atoms with van der Waals surface area (Å²) in [7, 11) is 0. The van der Waals surface area contributed by atoms with E-state index in [9.17, 15) is 27.6 Å². The Morgan fingerprint density at radius 3 is 2.48 bits per heavy atom. The zero-order valence-corrected chi connectivity index (χ0v) is 11.0. The van der Waals surface area contributed by atoms with Crippen molar-refractivity contribution in [3.8, 4) is 0 Å². The Morgan fingerprint density at radius 1 is 1.24 bits per heavy atom. The standard InChI is InChI=1S/C13H12F3NO4/c1-2-21-12(20)11(19)17-7-10(18)8-4-3-5-9(6-8)13(14,15)16/h3-6H,2,7H2,1H3,(H,17,19). The zero-order chi connectivity index (χ0) is 16.0. The number of ether oxygens (including phenoxy) is 1. The Balaban J connectivity index is 2.69. The quantitative estimate of drug-likeness (QED) is 0.520. The first-order chi connectivity index (χ1) is 9.75. The molecule has 1 N–H and O–H groups in total. The van der Waals surface area contributed by atoms with Crippen LogP contribution in [0.15, 0.2) is 24.3 Å². The molecule has 0 bridgehead atoms. The minimum atomic E-state index is -4.57. The first kappa shape index (κ1) is 16.7. The van der Waals surface area contributed by atoms with Gasteiger partial charge in [-0.3, -0.25) is 9.59 Å². The van der Waals surface area contributed by atoms with Crippen LogP contribution >= 0.6 is 0 Å². The second-order valence-corrected chi connectivity index (χ2v) is 3.90. The summed E-state index contributed by atoms with van der Waals surface area (Å²) in [4.78, 5) is 33.8. The molecule has 0 saturated heterocycles. The van der Waals surface area contributed by atoms with E-state index in [2.05, 4.69) is 4.74 Å². The Labute approximate surface area is 118 Å². The number of hydrogen-bond acceptors (Lipinski definition) is 4. The van der Waals surface area contributed by atoms with Gasteiger partial charge in [-0.2, -0.15) is 13.2 Å². The fourth-order valence-electron chi connectivity index (χ4n) is 1.40. The number of rotatable bonds is 4. The van der Waals surface area contributed by atoms with Crippen LogP contribution in [0.1, 0.15) is 22.8 Å². The van der Waals surface area contributed by atoms with Crippen molar-refractivity contribution in [3.63, 3.8) is 0 Å². The molecule has 21 heavy (non-hydrogen) atoms. The molecule has 1 amide bonds. The van der Waals surface area contributed by atoms with Crippen LogP contribution in [0.5, 0.6) is 0 Å². The van der Waals surface area contributed by atoms with Gasteiger partial charge in [0.1, 0.15) is 0 Å². The molecule has 0 aliphatic carbocycles. The lowest BCUT2D eigenvalue weighted by Gasteiger charge is -2.08. The fourth-order valence-corrected chi connectivity index (χ4v) is 1.40. The van der Waals surface area contributed by atoms with Gasteiger partial charge in [-0.25, -0.2) is 4.79 Å². The molecule has 8 heteroatoms. The topological polar surface area (TPSA) is 72.5 Å². The van der Waals surface area contributed by atoms with E-state index in [0.717, 1.165) is 12.1 Å². The van der Waals surface area contributed by atoms with Crippen molar-refractivity contribution in [1.29, 1.82) is 0 Å². The Bertz CT molecular complexity index is 555. The van der Waals surface area contributed by atoms with Crippen molar-refractivity contribution < 1.29 is 32.3 Å². The molecule has 0 atom stereocenters. The average molecular weight is 303 g/mol. The molecule has 0 radical (unpaired) electrons. The van der Waals surface area contributed by atoms with Gasteiger partial charge in [-0.1, -0.05) is 12.1 Å². The Morgan fingerprint density at radius 2 is 1.90 bits per heavy atom. The minimum Gasteiger partial charge on any atom is -0.459 e. The van der Waals surface area contributed by atoms with Gasteiger partial charge in [-0.05, 0) is 19.1 Å². The van der Waals surface area contributed by atoms with Crippen molar-refractivity contribution in [2.24, 2.45) is 0 Å². The van der Waals surface area contributed by atoms with E-state index in [1.54, 1.807) is 0 Å². The second kappa shape index (κ2) is 6.87. The molecular weight excluding hydrogens is 291 g/mol. The average Bonchev–Trinajstić information content (AvgIpc) is 2.43. The number of amides is 1. The van der Waals surface area contributed by atoms with Gasteiger partial charge in [-0.15, -0.1) is 0 Å². The number of alkyl halides is 3. The zero-order valence-electron chi connectivity index (χ0n) is 11.0. The van der Waals surface area contributed by atoms with E-state index >= 15 is 0 Å². The second-order valence-electron chi connectivity index (χ2n) is 3.90. The molecule has 0 fully saturated rings. The van der Waals surface area contributed by atoms with Gasteiger partial charge in [0.25, 0.3) is 0 Å². The smallest absolute Gasteiger partial charge is 0.416 e. The van der Waals surface area contributed by atoms with Crippen molar-refractivity contribution in [3.05, 3.63) is 35.4 Å². The Hall–Kier alpha value is -2.38. The molecule has 1 aromatic carbocycles. The normalized spacial score (nSPS) is 10.9. The maximum Gasteiger partial charge on any atom is 0.416 e. The lowest BCUT2D eigenvalue weighted by Crippen LogP contribution is -2.36. The summed E-state index contributed by atoms with van der Waals surface area (Å²) in [6.07, 6.45) is -4.57. The Kier molecular flexibility index (Phi) is 5.45. The highest BCUT2D eigenvalue weighted by Gasteiger charge is 2.30. The van der Waals surface area contributed by atoms with Gasteiger partial charge in [0.05, 0.1) is 18.7 Å². The number of nitrogens with one attached hydrogen (secondary N) is 1. The molecule has 1 rings (SSSR count). The fraction of sp³-hybridized carbons (Fsp3) is 0.308. The van der Waals surface area contributed by atoms with Crippen LogP contribution in [0.25, 0.3) is 0 Å². The van der Waals surface area contributed by atoms with E-state index in [1.807, 2.05) is 5.32 Å². The summed E-state index contributed by atoms with van der Waals surface area (Å²) in [5.74, 6) is -3.04. The molecule has 0 saturated carbocycles. The summed E-state index contributed by atoms with van der Waals surface area (Å²) in [6, 6.07) is 3.78. The molecule has 0 aromatic heterocycles. The number of ketones is 1. The van der Waals surface area contributed by atoms with E-state index in [-0.39, 0.29) is 12.2 Å². The summed E-state index contributed by atoms with van der Waals surface area (Å²) in [5, 5.41) is 1.98. The number of carbonyl (C=O) groups is 3. The van der Waals surface area contributed by atoms with Crippen LogP contribution in [-0.2, 0) is 20.5 Å². The maximum absolute atomic E-state index is 12.5. The number of esters is 1. The lowest BCUT2D eigenvalue weighted by atomic mass is 10.1. The van der Waals surface area contributed by atoms with Gasteiger partial charge in [0, 0.05) is 5.56 Å². The van der Waals surface area contributed by atoms with Gasteiger partial charge in [0.15, 0.2) is 5.78 Å². The van der Waals surface area contributed by atoms with Crippen LogP contribution in [-0.4, -0.2) is 30.8 Å². The summed E-state index contributed by atoms with van der Waals surface area (Å²) >= 11 is 0. The maximum atomic E-state index is 12.5. The highest BCUT2D eigenvalue weighted by molar-refractivity contribution is 6.32. The number of hydrogen-bond donors (Lipinski definition) is 1. The van der Waals surface area contributed by atoms with Crippen molar-refractivity contribution in [1.82, 2.24) is 5.32 Å². The molecule has 0 heterocycles. The molecular formula is C13H12F3NO4. The van der Waals surface area contributed by atoms with Crippen LogP contribution in [0.3, 0.4) is 0 Å². The van der Waals surface area contributed by atoms with Crippen molar-refractivity contribution in [2.45, 2.75) is 13.1 Å². The third-order valence-electron chi connectivity index (χ3n) is 2.38.